The molecular weight excluding hydrogens is 216 g/mol. The molecule has 1 unspecified atom stereocenters. The van der Waals surface area contributed by atoms with Crippen molar-refractivity contribution >= 4 is 11.7 Å². The first-order valence-electron chi connectivity index (χ1n) is 5.87. The number of ether oxygens (including phenoxy) is 1. The maximum absolute atomic E-state index is 11.4. The van der Waals surface area contributed by atoms with E-state index in [1.807, 2.05) is 12.1 Å². The van der Waals surface area contributed by atoms with Gasteiger partial charge in [-0.25, -0.2) is 0 Å². The molecule has 4 heteroatoms. The SMILES string of the molecule is COC(=O)CN1CC(CCN)c2ccccc21. The Morgan fingerprint density at radius 1 is 1.53 bits per heavy atom. The molecule has 4 nitrogen and oxygen atoms in total. The van der Waals surface area contributed by atoms with Crippen molar-refractivity contribution in [2.75, 3.05) is 31.6 Å². The molecule has 0 bridgehead atoms. The number of carbonyl (C=O) groups excluding carboxylic acids is 1. The molecule has 1 aromatic rings. The lowest BCUT2D eigenvalue weighted by molar-refractivity contribution is -0.138. The lowest BCUT2D eigenvalue weighted by Gasteiger charge is -2.18. The molecule has 1 atom stereocenters. The first kappa shape index (κ1) is 11.9. The van der Waals surface area contributed by atoms with E-state index in [1.54, 1.807) is 0 Å². The van der Waals surface area contributed by atoms with E-state index < -0.39 is 0 Å². The molecule has 17 heavy (non-hydrogen) atoms. The Hall–Kier alpha value is -1.55. The number of hydrogen-bond donors (Lipinski definition) is 1. The number of benzene rings is 1. The molecule has 2 N–H and O–H groups in total. The summed E-state index contributed by atoms with van der Waals surface area (Å²) in [6.45, 7) is 1.84. The van der Waals surface area contributed by atoms with Crippen molar-refractivity contribution < 1.29 is 9.53 Å². The van der Waals surface area contributed by atoms with Crippen molar-refractivity contribution in [3.63, 3.8) is 0 Å². The lowest BCUT2D eigenvalue weighted by Crippen LogP contribution is -2.29. The summed E-state index contributed by atoms with van der Waals surface area (Å²) in [6, 6.07) is 8.19. The van der Waals surface area contributed by atoms with Crippen LogP contribution < -0.4 is 10.6 Å². The van der Waals surface area contributed by atoms with Crippen LogP contribution >= 0.6 is 0 Å². The van der Waals surface area contributed by atoms with Crippen LogP contribution in [0.25, 0.3) is 0 Å². The van der Waals surface area contributed by atoms with E-state index in [0.717, 1.165) is 18.7 Å². The summed E-state index contributed by atoms with van der Waals surface area (Å²) in [5, 5.41) is 0. The molecule has 2 rings (SSSR count). The van der Waals surface area contributed by atoms with Gasteiger partial charge < -0.3 is 15.4 Å². The minimum Gasteiger partial charge on any atom is -0.468 e. The summed E-state index contributed by atoms with van der Waals surface area (Å²) in [5.41, 5.74) is 8.06. The van der Waals surface area contributed by atoms with Crippen molar-refractivity contribution in [1.82, 2.24) is 0 Å². The molecule has 0 aliphatic carbocycles. The van der Waals surface area contributed by atoms with Gasteiger partial charge in [-0.15, -0.1) is 0 Å². The second-order valence-electron chi connectivity index (χ2n) is 4.29. The third kappa shape index (κ3) is 2.42. The maximum Gasteiger partial charge on any atom is 0.325 e. The Labute approximate surface area is 101 Å². The second kappa shape index (κ2) is 5.19. The monoisotopic (exact) mass is 234 g/mol. The predicted octanol–water partition coefficient (Wildman–Crippen LogP) is 1.11. The van der Waals surface area contributed by atoms with Crippen molar-refractivity contribution in [2.24, 2.45) is 5.73 Å². The number of esters is 1. The van der Waals surface area contributed by atoms with Crippen LogP contribution in [-0.4, -0.2) is 32.7 Å². The van der Waals surface area contributed by atoms with Gasteiger partial charge in [-0.3, -0.25) is 4.79 Å². The third-order valence-electron chi connectivity index (χ3n) is 3.22. The fraction of sp³-hybridized carbons (Fsp3) is 0.462. The number of carbonyl (C=O) groups is 1. The Morgan fingerprint density at radius 3 is 3.00 bits per heavy atom. The molecule has 1 heterocycles. The number of anilines is 1. The smallest absolute Gasteiger partial charge is 0.325 e. The Balaban J connectivity index is 2.19. The van der Waals surface area contributed by atoms with Crippen LogP contribution in [0, 0.1) is 0 Å². The minimum atomic E-state index is -0.201. The average molecular weight is 234 g/mol. The van der Waals surface area contributed by atoms with Crippen LogP contribution in [0.4, 0.5) is 5.69 Å². The lowest BCUT2D eigenvalue weighted by atomic mass is 9.98. The third-order valence-corrected chi connectivity index (χ3v) is 3.22. The zero-order valence-corrected chi connectivity index (χ0v) is 10.1. The number of rotatable bonds is 4. The van der Waals surface area contributed by atoms with Gasteiger partial charge in [0.15, 0.2) is 0 Å². The van der Waals surface area contributed by atoms with Crippen LogP contribution in [0.2, 0.25) is 0 Å². The van der Waals surface area contributed by atoms with Crippen LogP contribution in [0.1, 0.15) is 17.9 Å². The summed E-state index contributed by atoms with van der Waals surface area (Å²) in [5.74, 6) is 0.231. The summed E-state index contributed by atoms with van der Waals surface area (Å²) in [6.07, 6.45) is 0.953. The fourth-order valence-corrected chi connectivity index (χ4v) is 2.40. The molecule has 0 saturated heterocycles. The van der Waals surface area contributed by atoms with Crippen LogP contribution in [0.15, 0.2) is 24.3 Å². The van der Waals surface area contributed by atoms with E-state index in [9.17, 15) is 4.79 Å². The van der Waals surface area contributed by atoms with Gasteiger partial charge in [0.05, 0.1) is 7.11 Å². The molecule has 1 aliphatic rings. The summed E-state index contributed by atoms with van der Waals surface area (Å²) in [4.78, 5) is 13.4. The molecule has 0 saturated carbocycles. The maximum atomic E-state index is 11.4. The van der Waals surface area contributed by atoms with Gasteiger partial charge in [0.2, 0.25) is 0 Å². The number of hydrogen-bond acceptors (Lipinski definition) is 4. The van der Waals surface area contributed by atoms with Crippen LogP contribution in [-0.2, 0) is 9.53 Å². The predicted molar refractivity (Wildman–Crippen MR) is 67.1 cm³/mol. The molecule has 1 aromatic carbocycles. The first-order valence-corrected chi connectivity index (χ1v) is 5.87. The number of para-hydroxylation sites is 1. The summed E-state index contributed by atoms with van der Waals surface area (Å²) < 4.78 is 4.72. The van der Waals surface area contributed by atoms with E-state index in [1.165, 1.54) is 12.7 Å². The standard InChI is InChI=1S/C13H18N2O2/c1-17-13(16)9-15-8-10(6-7-14)11-4-2-3-5-12(11)15/h2-5,10H,6-9,14H2,1H3. The zero-order valence-electron chi connectivity index (χ0n) is 10.1. The number of fused-ring (bicyclic) bond motifs is 1. The van der Waals surface area contributed by atoms with Gasteiger partial charge in [0.25, 0.3) is 0 Å². The molecule has 1 aliphatic heterocycles. The molecule has 0 fully saturated rings. The van der Waals surface area contributed by atoms with Crippen molar-refractivity contribution in [3.8, 4) is 0 Å². The van der Waals surface area contributed by atoms with Crippen LogP contribution in [0.3, 0.4) is 0 Å². The van der Waals surface area contributed by atoms with E-state index in [4.69, 9.17) is 10.5 Å². The number of methoxy groups -OCH3 is 1. The number of nitrogens with two attached hydrogens (primary N) is 1. The second-order valence-corrected chi connectivity index (χ2v) is 4.29. The van der Waals surface area contributed by atoms with E-state index in [2.05, 4.69) is 17.0 Å². The summed E-state index contributed by atoms with van der Waals surface area (Å²) in [7, 11) is 1.42. The molecule has 0 amide bonds. The van der Waals surface area contributed by atoms with Gasteiger partial charge in [-0.1, -0.05) is 18.2 Å². The molecular formula is C13H18N2O2. The normalized spacial score (nSPS) is 18.0. The quantitative estimate of drug-likeness (QED) is 0.793. The Kier molecular flexibility index (Phi) is 3.64. The first-order chi connectivity index (χ1) is 8.26. The Bertz CT molecular complexity index is 406. The van der Waals surface area contributed by atoms with Gasteiger partial charge in [0, 0.05) is 18.2 Å². The van der Waals surface area contributed by atoms with Crippen LogP contribution in [0.5, 0.6) is 0 Å². The fourth-order valence-electron chi connectivity index (χ4n) is 2.40. The average Bonchev–Trinajstić information content (AvgIpc) is 2.69. The van der Waals surface area contributed by atoms with Crippen molar-refractivity contribution in [1.29, 1.82) is 0 Å². The molecule has 92 valence electrons. The molecule has 0 radical (unpaired) electrons. The Morgan fingerprint density at radius 2 is 2.29 bits per heavy atom. The van der Waals surface area contributed by atoms with E-state index in [-0.39, 0.29) is 5.97 Å². The molecule has 0 spiro atoms. The highest BCUT2D eigenvalue weighted by atomic mass is 16.5. The van der Waals surface area contributed by atoms with Gasteiger partial charge >= 0.3 is 5.97 Å². The summed E-state index contributed by atoms with van der Waals surface area (Å²) >= 11 is 0. The topological polar surface area (TPSA) is 55.6 Å². The van der Waals surface area contributed by atoms with Crippen molar-refractivity contribution in [3.05, 3.63) is 29.8 Å². The highest BCUT2D eigenvalue weighted by Gasteiger charge is 2.28. The minimum absolute atomic E-state index is 0.201. The largest absolute Gasteiger partial charge is 0.468 e. The van der Waals surface area contributed by atoms with E-state index >= 15 is 0 Å². The highest BCUT2D eigenvalue weighted by Crippen LogP contribution is 2.37. The highest BCUT2D eigenvalue weighted by molar-refractivity contribution is 5.77. The van der Waals surface area contributed by atoms with Crippen molar-refractivity contribution in [2.45, 2.75) is 12.3 Å². The van der Waals surface area contributed by atoms with E-state index in [0.29, 0.717) is 19.0 Å². The van der Waals surface area contributed by atoms with Gasteiger partial charge in [-0.05, 0) is 24.6 Å². The van der Waals surface area contributed by atoms with Gasteiger partial charge in [0.1, 0.15) is 6.54 Å². The molecule has 0 aromatic heterocycles. The number of nitrogens with zero attached hydrogens (tertiary/aromatic N) is 1. The zero-order chi connectivity index (χ0) is 12.3. The van der Waals surface area contributed by atoms with Gasteiger partial charge in [-0.2, -0.15) is 0 Å².